The predicted octanol–water partition coefficient (Wildman–Crippen LogP) is 2.21. The van der Waals surface area contributed by atoms with E-state index in [9.17, 15) is 5.11 Å². The SMILES string of the molecule is CCOCC(C)(O)CCC(C)C. The maximum atomic E-state index is 9.77. The molecule has 0 aliphatic heterocycles. The van der Waals surface area contributed by atoms with Gasteiger partial charge in [0.1, 0.15) is 0 Å². The largest absolute Gasteiger partial charge is 0.388 e. The summed E-state index contributed by atoms with van der Waals surface area (Å²) in [6.45, 7) is 9.24. The number of hydrogen-bond donors (Lipinski definition) is 1. The van der Waals surface area contributed by atoms with Crippen LogP contribution in [0.2, 0.25) is 0 Å². The molecule has 0 rings (SSSR count). The number of hydrogen-bond acceptors (Lipinski definition) is 2. The molecule has 0 aliphatic rings. The van der Waals surface area contributed by atoms with Gasteiger partial charge in [-0.25, -0.2) is 0 Å². The Morgan fingerprint density at radius 3 is 2.42 bits per heavy atom. The first-order chi connectivity index (χ1) is 5.48. The lowest BCUT2D eigenvalue weighted by atomic mass is 9.96. The summed E-state index contributed by atoms with van der Waals surface area (Å²) >= 11 is 0. The molecule has 2 nitrogen and oxygen atoms in total. The summed E-state index contributed by atoms with van der Waals surface area (Å²) in [5.74, 6) is 0.651. The van der Waals surface area contributed by atoms with Crippen LogP contribution in [0.15, 0.2) is 0 Å². The summed E-state index contributed by atoms with van der Waals surface area (Å²) in [5, 5.41) is 9.77. The summed E-state index contributed by atoms with van der Waals surface area (Å²) in [6, 6.07) is 0. The summed E-state index contributed by atoms with van der Waals surface area (Å²) in [7, 11) is 0. The monoisotopic (exact) mass is 174 g/mol. The molecule has 0 spiro atoms. The number of aliphatic hydroxyl groups is 1. The third kappa shape index (κ3) is 6.62. The first kappa shape index (κ1) is 11.9. The molecule has 0 radical (unpaired) electrons. The van der Waals surface area contributed by atoms with Crippen molar-refractivity contribution in [1.82, 2.24) is 0 Å². The summed E-state index contributed by atoms with van der Waals surface area (Å²) in [6.07, 6.45) is 1.88. The Labute approximate surface area is 75.9 Å². The molecule has 0 fully saturated rings. The summed E-state index contributed by atoms with van der Waals surface area (Å²) in [5.41, 5.74) is -0.639. The van der Waals surface area contributed by atoms with E-state index >= 15 is 0 Å². The second-order valence-corrected chi connectivity index (χ2v) is 4.07. The molecule has 12 heavy (non-hydrogen) atoms. The average molecular weight is 174 g/mol. The fourth-order valence-electron chi connectivity index (χ4n) is 0.994. The van der Waals surface area contributed by atoms with E-state index in [0.717, 1.165) is 12.8 Å². The lowest BCUT2D eigenvalue weighted by molar-refractivity contribution is -0.0383. The zero-order valence-corrected chi connectivity index (χ0v) is 8.76. The Hall–Kier alpha value is -0.0800. The molecule has 0 aliphatic carbocycles. The van der Waals surface area contributed by atoms with Crippen molar-refractivity contribution in [3.63, 3.8) is 0 Å². The van der Waals surface area contributed by atoms with Crippen molar-refractivity contribution in [1.29, 1.82) is 0 Å². The standard InChI is InChI=1S/C10H22O2/c1-5-12-8-10(4,11)7-6-9(2)3/h9,11H,5-8H2,1-4H3. The van der Waals surface area contributed by atoms with Crippen molar-refractivity contribution in [2.45, 2.75) is 46.1 Å². The van der Waals surface area contributed by atoms with Crippen LogP contribution >= 0.6 is 0 Å². The molecule has 0 saturated heterocycles. The van der Waals surface area contributed by atoms with Gasteiger partial charge in [-0.2, -0.15) is 0 Å². The van der Waals surface area contributed by atoms with Crippen LogP contribution in [0.1, 0.15) is 40.5 Å². The maximum Gasteiger partial charge on any atom is 0.0852 e. The van der Waals surface area contributed by atoms with E-state index in [4.69, 9.17) is 4.74 Å². The van der Waals surface area contributed by atoms with Crippen LogP contribution in [-0.2, 0) is 4.74 Å². The van der Waals surface area contributed by atoms with Crippen LogP contribution in [0.25, 0.3) is 0 Å². The highest BCUT2D eigenvalue weighted by Crippen LogP contribution is 2.16. The van der Waals surface area contributed by atoms with Gasteiger partial charge in [0.05, 0.1) is 12.2 Å². The van der Waals surface area contributed by atoms with Gasteiger partial charge in [-0.1, -0.05) is 13.8 Å². The van der Waals surface area contributed by atoms with Gasteiger partial charge in [0.25, 0.3) is 0 Å². The highest BCUT2D eigenvalue weighted by molar-refractivity contribution is 4.72. The minimum Gasteiger partial charge on any atom is -0.388 e. The van der Waals surface area contributed by atoms with Crippen LogP contribution in [0.3, 0.4) is 0 Å². The van der Waals surface area contributed by atoms with Crippen molar-refractivity contribution in [2.24, 2.45) is 5.92 Å². The minimum absolute atomic E-state index is 0.455. The van der Waals surface area contributed by atoms with Crippen molar-refractivity contribution < 1.29 is 9.84 Å². The quantitative estimate of drug-likeness (QED) is 0.669. The van der Waals surface area contributed by atoms with Crippen molar-refractivity contribution in [3.05, 3.63) is 0 Å². The molecular weight excluding hydrogens is 152 g/mol. The molecule has 0 aromatic carbocycles. The number of ether oxygens (including phenoxy) is 1. The molecule has 0 saturated carbocycles. The van der Waals surface area contributed by atoms with Gasteiger partial charge >= 0.3 is 0 Å². The topological polar surface area (TPSA) is 29.5 Å². The lowest BCUT2D eigenvalue weighted by Crippen LogP contribution is -2.31. The Kier molecular flexibility index (Phi) is 5.51. The molecular formula is C10H22O2. The fraction of sp³-hybridized carbons (Fsp3) is 1.00. The highest BCUT2D eigenvalue weighted by Gasteiger charge is 2.20. The van der Waals surface area contributed by atoms with Gasteiger partial charge < -0.3 is 9.84 Å². The second kappa shape index (κ2) is 5.55. The minimum atomic E-state index is -0.639. The van der Waals surface area contributed by atoms with Crippen molar-refractivity contribution in [2.75, 3.05) is 13.2 Å². The van der Waals surface area contributed by atoms with Gasteiger partial charge in [-0.3, -0.25) is 0 Å². The van der Waals surface area contributed by atoms with E-state index in [-0.39, 0.29) is 0 Å². The summed E-state index contributed by atoms with van der Waals surface area (Å²) < 4.78 is 5.18. The molecule has 2 heteroatoms. The average Bonchev–Trinajstić information content (AvgIpc) is 1.98. The zero-order valence-electron chi connectivity index (χ0n) is 8.76. The third-order valence-corrected chi connectivity index (χ3v) is 1.88. The predicted molar refractivity (Wildman–Crippen MR) is 51.2 cm³/mol. The van der Waals surface area contributed by atoms with Crippen LogP contribution in [0, 0.1) is 5.92 Å². The maximum absolute atomic E-state index is 9.77. The molecule has 1 atom stereocenters. The molecule has 0 aromatic rings. The van der Waals surface area contributed by atoms with Gasteiger partial charge in [0.2, 0.25) is 0 Å². The lowest BCUT2D eigenvalue weighted by Gasteiger charge is -2.23. The van der Waals surface area contributed by atoms with E-state index in [1.165, 1.54) is 0 Å². The van der Waals surface area contributed by atoms with E-state index < -0.39 is 5.60 Å². The second-order valence-electron chi connectivity index (χ2n) is 4.07. The molecule has 1 unspecified atom stereocenters. The van der Waals surface area contributed by atoms with E-state index in [0.29, 0.717) is 19.1 Å². The Morgan fingerprint density at radius 2 is 2.00 bits per heavy atom. The van der Waals surface area contributed by atoms with Crippen molar-refractivity contribution >= 4 is 0 Å². The fourth-order valence-corrected chi connectivity index (χ4v) is 0.994. The van der Waals surface area contributed by atoms with Crippen molar-refractivity contribution in [3.8, 4) is 0 Å². The molecule has 0 bridgehead atoms. The summed E-state index contributed by atoms with van der Waals surface area (Å²) in [4.78, 5) is 0. The third-order valence-electron chi connectivity index (χ3n) is 1.88. The first-order valence-electron chi connectivity index (χ1n) is 4.78. The van der Waals surface area contributed by atoms with E-state index in [1.807, 2.05) is 13.8 Å². The van der Waals surface area contributed by atoms with E-state index in [1.54, 1.807) is 0 Å². The molecule has 74 valence electrons. The Balaban J connectivity index is 3.56. The Bertz CT molecular complexity index is 108. The van der Waals surface area contributed by atoms with Crippen LogP contribution in [0.4, 0.5) is 0 Å². The van der Waals surface area contributed by atoms with Crippen LogP contribution < -0.4 is 0 Å². The normalized spacial score (nSPS) is 16.5. The number of rotatable bonds is 6. The molecule has 0 aromatic heterocycles. The zero-order chi connectivity index (χ0) is 9.61. The van der Waals surface area contributed by atoms with Gasteiger partial charge in [-0.05, 0) is 32.6 Å². The van der Waals surface area contributed by atoms with Gasteiger partial charge in [0.15, 0.2) is 0 Å². The van der Waals surface area contributed by atoms with Crippen LogP contribution in [0.5, 0.6) is 0 Å². The Morgan fingerprint density at radius 1 is 1.42 bits per heavy atom. The smallest absolute Gasteiger partial charge is 0.0852 e. The van der Waals surface area contributed by atoms with Crippen LogP contribution in [-0.4, -0.2) is 23.9 Å². The molecule has 0 amide bonds. The molecule has 0 heterocycles. The first-order valence-corrected chi connectivity index (χ1v) is 4.78. The van der Waals surface area contributed by atoms with E-state index in [2.05, 4.69) is 13.8 Å². The van der Waals surface area contributed by atoms with Gasteiger partial charge in [0, 0.05) is 6.61 Å². The van der Waals surface area contributed by atoms with Gasteiger partial charge in [-0.15, -0.1) is 0 Å². The molecule has 1 N–H and O–H groups in total. The highest BCUT2D eigenvalue weighted by atomic mass is 16.5.